The molecule has 0 unspecified atom stereocenters. The first-order chi connectivity index (χ1) is 2.81. The fourth-order valence-corrected chi connectivity index (χ4v) is 0.0472. The molecule has 0 saturated heterocycles. The van der Waals surface area contributed by atoms with Crippen LogP contribution in [0.15, 0.2) is 18.1 Å². The van der Waals surface area contributed by atoms with Gasteiger partial charge in [0.15, 0.2) is 5.83 Å². The number of alkyl halides is 1. The Balaban J connectivity index is 0. The summed E-state index contributed by atoms with van der Waals surface area (Å²) >= 11 is 0. The van der Waals surface area contributed by atoms with Gasteiger partial charge in [0.25, 0.3) is 0 Å². The third-order valence-corrected chi connectivity index (χ3v) is 0.309. The van der Waals surface area contributed by atoms with E-state index in [2.05, 4.69) is 6.58 Å². The summed E-state index contributed by atoms with van der Waals surface area (Å²) in [7, 11) is 0. The van der Waals surface area contributed by atoms with Gasteiger partial charge in [-0.15, -0.1) is 0 Å². The number of hydrogen-bond donors (Lipinski definition) is 0. The summed E-state index contributed by atoms with van der Waals surface area (Å²) in [6, 6.07) is 0. The van der Waals surface area contributed by atoms with E-state index < -0.39 is 12.5 Å². The zero-order chi connectivity index (χ0) is 4.99. The molecule has 7 heavy (non-hydrogen) atoms. The van der Waals surface area contributed by atoms with Crippen molar-refractivity contribution in [2.75, 3.05) is 6.67 Å². The number of rotatable bonds is 1. The quantitative estimate of drug-likeness (QED) is 0.338. The predicted molar refractivity (Wildman–Crippen MR) is 26.9 cm³/mol. The second kappa shape index (κ2) is 5.98. The van der Waals surface area contributed by atoms with Gasteiger partial charge in [-0.3, -0.25) is 0 Å². The van der Waals surface area contributed by atoms with Crippen LogP contribution >= 0.6 is 0 Å². The Morgan fingerprint density at radius 1 is 1.71 bits per heavy atom. The minimum atomic E-state index is -1.09. The molecule has 0 fully saturated rings. The molecule has 0 bridgehead atoms. The first-order valence-electron chi connectivity index (χ1n) is 1.41. The summed E-state index contributed by atoms with van der Waals surface area (Å²) in [6.45, 7) is 1.76. The summed E-state index contributed by atoms with van der Waals surface area (Å²) < 4.78 is 22.1. The molecule has 0 aliphatic carbocycles. The third kappa shape index (κ3) is 5.98. The first-order valence-corrected chi connectivity index (χ1v) is 1.41. The van der Waals surface area contributed by atoms with Crippen molar-refractivity contribution < 1.29 is 8.78 Å². The van der Waals surface area contributed by atoms with E-state index in [-0.39, 0.29) is 18.9 Å². The van der Waals surface area contributed by atoms with Crippen molar-refractivity contribution in [1.29, 1.82) is 0 Å². The molecule has 0 nitrogen and oxygen atoms in total. The molecular weight excluding hydrogens is 93.0 g/mol. The number of allylic oxidation sites excluding steroid dienone is 1. The maximum absolute atomic E-state index is 11.2. The van der Waals surface area contributed by atoms with Crippen molar-refractivity contribution in [3.63, 3.8) is 0 Å². The van der Waals surface area contributed by atoms with Crippen LogP contribution in [0.1, 0.15) is 0 Å². The Kier molecular flexibility index (Phi) is 8.59. The van der Waals surface area contributed by atoms with Gasteiger partial charge in [-0.25, -0.2) is 4.39 Å². The van der Waals surface area contributed by atoms with Crippen LogP contribution in [0.4, 0.5) is 8.78 Å². The van der Waals surface area contributed by atoms with Gasteiger partial charge in [-0.1, -0.05) is 12.3 Å². The Hall–Kier alpha value is -0.0226. The summed E-state index contributed by atoms with van der Waals surface area (Å²) in [5.41, 5.74) is 1.74. The maximum atomic E-state index is 11.2. The fourth-order valence-electron chi connectivity index (χ4n) is 0.0472. The van der Waals surface area contributed by atoms with Crippen LogP contribution in [0.25, 0.3) is 0 Å². The zero-order valence-electron chi connectivity index (χ0n) is 3.17. The average molecular weight is 98.0 g/mol. The molecule has 0 atom stereocenters. The van der Waals surface area contributed by atoms with E-state index in [4.69, 9.17) is 0 Å². The molecular formula is C4H5F2Li. The number of halogens is 2. The van der Waals surface area contributed by atoms with Gasteiger partial charge in [0, 0.05) is 0 Å². The molecule has 0 aliphatic rings. The average Bonchev–Trinajstić information content (AvgIpc) is 1.65. The standard InChI is InChI=1S/C4H4F2.Li.H/c1-2-4(6)3-5;;/h1,3H2;;. The summed E-state index contributed by atoms with van der Waals surface area (Å²) in [5.74, 6) is -0.935. The summed E-state index contributed by atoms with van der Waals surface area (Å²) in [6.07, 6.45) is 0. The van der Waals surface area contributed by atoms with Crippen molar-refractivity contribution >= 4 is 18.9 Å². The Morgan fingerprint density at radius 2 is 2.14 bits per heavy atom. The van der Waals surface area contributed by atoms with Crippen molar-refractivity contribution in [2.24, 2.45) is 0 Å². The van der Waals surface area contributed by atoms with Gasteiger partial charge in [0.05, 0.1) is 0 Å². The van der Waals surface area contributed by atoms with Gasteiger partial charge in [-0.2, -0.15) is 4.39 Å². The molecule has 0 aromatic carbocycles. The van der Waals surface area contributed by atoms with E-state index in [9.17, 15) is 8.78 Å². The van der Waals surface area contributed by atoms with Gasteiger partial charge in [-0.05, 0) is 0 Å². The molecule has 0 aromatic heterocycles. The molecule has 0 radical (unpaired) electrons. The van der Waals surface area contributed by atoms with Crippen molar-refractivity contribution in [3.8, 4) is 0 Å². The fraction of sp³-hybridized carbons (Fsp3) is 0.250. The van der Waals surface area contributed by atoms with Crippen LogP contribution in [0.2, 0.25) is 0 Å². The van der Waals surface area contributed by atoms with Crippen molar-refractivity contribution in [2.45, 2.75) is 0 Å². The van der Waals surface area contributed by atoms with Crippen LogP contribution in [-0.4, -0.2) is 25.5 Å². The Morgan fingerprint density at radius 3 is 2.14 bits per heavy atom. The first kappa shape index (κ1) is 10.1. The molecule has 0 rings (SSSR count). The van der Waals surface area contributed by atoms with Crippen LogP contribution in [-0.2, 0) is 0 Å². The summed E-state index contributed by atoms with van der Waals surface area (Å²) in [5, 5.41) is 0. The topological polar surface area (TPSA) is 0 Å². The van der Waals surface area contributed by atoms with E-state index in [0.717, 1.165) is 0 Å². The minimum absolute atomic E-state index is 0. The van der Waals surface area contributed by atoms with E-state index in [1.54, 1.807) is 5.73 Å². The van der Waals surface area contributed by atoms with Gasteiger partial charge >= 0.3 is 18.9 Å². The van der Waals surface area contributed by atoms with Gasteiger partial charge < -0.3 is 0 Å². The molecule has 0 spiro atoms. The van der Waals surface area contributed by atoms with Crippen LogP contribution < -0.4 is 0 Å². The van der Waals surface area contributed by atoms with Gasteiger partial charge in [0.2, 0.25) is 0 Å². The molecule has 36 valence electrons. The van der Waals surface area contributed by atoms with E-state index in [0.29, 0.717) is 0 Å². The molecule has 0 saturated carbocycles. The van der Waals surface area contributed by atoms with E-state index >= 15 is 0 Å². The van der Waals surface area contributed by atoms with E-state index in [1.807, 2.05) is 0 Å². The molecule has 0 amide bonds. The SMILES string of the molecule is C=C=C(F)CF.[LiH]. The molecule has 0 aromatic rings. The van der Waals surface area contributed by atoms with Crippen LogP contribution in [0.5, 0.6) is 0 Å². The van der Waals surface area contributed by atoms with Crippen LogP contribution in [0.3, 0.4) is 0 Å². The molecule has 0 N–H and O–H groups in total. The summed E-state index contributed by atoms with van der Waals surface area (Å²) in [4.78, 5) is 0. The van der Waals surface area contributed by atoms with Gasteiger partial charge in [0.1, 0.15) is 6.67 Å². The van der Waals surface area contributed by atoms with E-state index in [1.165, 1.54) is 0 Å². The number of hydrogen-bond acceptors (Lipinski definition) is 0. The Bertz CT molecular complexity index is 83.7. The Labute approximate surface area is 53.1 Å². The normalized spacial score (nSPS) is 6.00. The monoisotopic (exact) mass is 98.1 g/mol. The predicted octanol–water partition coefficient (Wildman–Crippen LogP) is 0.946. The second-order valence-corrected chi connectivity index (χ2v) is 0.715. The zero-order valence-corrected chi connectivity index (χ0v) is 3.17. The van der Waals surface area contributed by atoms with Crippen molar-refractivity contribution in [1.82, 2.24) is 0 Å². The second-order valence-electron chi connectivity index (χ2n) is 0.715. The molecule has 0 aliphatic heterocycles. The van der Waals surface area contributed by atoms with Crippen molar-refractivity contribution in [3.05, 3.63) is 18.1 Å². The third-order valence-electron chi connectivity index (χ3n) is 0.309. The molecule has 0 heterocycles. The van der Waals surface area contributed by atoms with Crippen LogP contribution in [0, 0.1) is 0 Å². The molecule has 3 heteroatoms.